The van der Waals surface area contributed by atoms with Crippen molar-refractivity contribution in [1.82, 2.24) is 0 Å². The van der Waals surface area contributed by atoms with Gasteiger partial charge in [0, 0.05) is 20.2 Å². The molecule has 8 heteroatoms. The van der Waals surface area contributed by atoms with Crippen LogP contribution in [0.4, 0.5) is 22.7 Å². The Morgan fingerprint density at radius 1 is 0.923 bits per heavy atom. The van der Waals surface area contributed by atoms with Crippen molar-refractivity contribution in [2.24, 2.45) is 10.3 Å². The maximum atomic E-state index is 11.6. The van der Waals surface area contributed by atoms with Crippen LogP contribution in [0.25, 0.3) is 0 Å². The summed E-state index contributed by atoms with van der Waals surface area (Å²) in [4.78, 5) is 15.4. The molecule has 2 aliphatic rings. The van der Waals surface area contributed by atoms with E-state index in [2.05, 4.69) is 20.1 Å². The Morgan fingerprint density at radius 3 is 1.96 bits per heavy atom. The minimum Gasteiger partial charge on any atom is -0.329 e. The van der Waals surface area contributed by atoms with Crippen molar-refractivity contribution in [3.05, 3.63) is 58.6 Å². The molecule has 0 aliphatic carbocycles. The van der Waals surface area contributed by atoms with Gasteiger partial charge in [0.25, 0.3) is 5.69 Å². The lowest BCUT2D eigenvalue weighted by molar-refractivity contribution is -0.384. The van der Waals surface area contributed by atoms with Crippen molar-refractivity contribution >= 4 is 22.7 Å². The molecule has 0 atom stereocenters. The fourth-order valence-electron chi connectivity index (χ4n) is 4.26. The van der Waals surface area contributed by atoms with Crippen LogP contribution in [0.3, 0.4) is 0 Å². The van der Waals surface area contributed by atoms with E-state index in [1.165, 1.54) is 6.07 Å². The van der Waals surface area contributed by atoms with E-state index < -0.39 is 11.3 Å². The average molecular weight is 352 g/mol. The van der Waals surface area contributed by atoms with E-state index in [1.807, 2.05) is 52.2 Å². The van der Waals surface area contributed by atoms with Gasteiger partial charge in [0.05, 0.1) is 16.3 Å². The van der Waals surface area contributed by atoms with Gasteiger partial charge in [0.15, 0.2) is 0 Å². The maximum Gasteiger partial charge on any atom is 0.294 e. The molecule has 134 valence electrons. The Labute approximate surface area is 151 Å². The standard InChI is InChI=1S/C18H20N6O2/c1-17(2)18(21(3)13-9-5-6-10-14(13)22(18)4)23(20-19-17)15-11-7-8-12-16(15)24(25)26/h5-12H,1-4H3. The van der Waals surface area contributed by atoms with E-state index in [-0.39, 0.29) is 10.6 Å². The second kappa shape index (κ2) is 5.17. The molecule has 0 fully saturated rings. The van der Waals surface area contributed by atoms with Crippen LogP contribution in [0.15, 0.2) is 58.9 Å². The first-order valence-corrected chi connectivity index (χ1v) is 8.35. The van der Waals surface area contributed by atoms with Gasteiger partial charge in [-0.3, -0.25) is 10.1 Å². The Morgan fingerprint density at radius 2 is 1.42 bits per heavy atom. The van der Waals surface area contributed by atoms with Crippen molar-refractivity contribution < 1.29 is 4.92 Å². The number of fused-ring (bicyclic) bond motifs is 1. The molecule has 0 radical (unpaired) electrons. The number of hydrogen-bond acceptors (Lipinski definition) is 7. The molecule has 0 bridgehead atoms. The predicted molar refractivity (Wildman–Crippen MR) is 100 cm³/mol. The zero-order valence-corrected chi connectivity index (χ0v) is 15.1. The monoisotopic (exact) mass is 352 g/mol. The van der Waals surface area contributed by atoms with Crippen molar-refractivity contribution in [1.29, 1.82) is 0 Å². The second-order valence-electron chi connectivity index (χ2n) is 7.05. The minimum atomic E-state index is -0.831. The summed E-state index contributed by atoms with van der Waals surface area (Å²) < 4.78 is 0. The molecule has 2 aromatic carbocycles. The lowest BCUT2D eigenvalue weighted by atomic mass is 9.93. The molecule has 0 saturated heterocycles. The number of anilines is 3. The number of nitro benzene ring substituents is 1. The van der Waals surface area contributed by atoms with Gasteiger partial charge in [0.1, 0.15) is 11.2 Å². The Hall–Kier alpha value is -3.16. The van der Waals surface area contributed by atoms with Gasteiger partial charge in [0.2, 0.25) is 5.79 Å². The molecule has 8 nitrogen and oxygen atoms in total. The summed E-state index contributed by atoms with van der Waals surface area (Å²) in [6.07, 6.45) is 0. The van der Waals surface area contributed by atoms with Crippen molar-refractivity contribution in [3.8, 4) is 0 Å². The van der Waals surface area contributed by atoms with Gasteiger partial charge in [-0.1, -0.05) is 29.5 Å². The number of likely N-dealkylation sites (N-methyl/N-ethyl adjacent to an activating group) is 2. The van der Waals surface area contributed by atoms with Crippen LogP contribution < -0.4 is 14.8 Å². The number of para-hydroxylation sites is 4. The third kappa shape index (κ3) is 1.78. The first kappa shape index (κ1) is 16.3. The maximum absolute atomic E-state index is 11.6. The van der Waals surface area contributed by atoms with Crippen LogP contribution in [-0.4, -0.2) is 30.3 Å². The summed E-state index contributed by atoms with van der Waals surface area (Å²) in [6.45, 7) is 3.98. The molecule has 2 aliphatic heterocycles. The summed E-state index contributed by atoms with van der Waals surface area (Å²) in [5.74, 6) is -0.831. The SMILES string of the molecule is CN1c2ccccc2N(C)C12N(c1ccccc1[N+](=O)[O-])N=NC2(C)C. The van der Waals surface area contributed by atoms with Crippen molar-refractivity contribution in [2.75, 3.05) is 28.9 Å². The van der Waals surface area contributed by atoms with Gasteiger partial charge in [-0.2, -0.15) is 10.1 Å². The summed E-state index contributed by atoms with van der Waals surface area (Å²) in [5.41, 5.74) is 1.83. The van der Waals surface area contributed by atoms with Crippen LogP contribution in [0, 0.1) is 10.1 Å². The fraction of sp³-hybridized carbons (Fsp3) is 0.333. The molecule has 0 amide bonds. The first-order valence-electron chi connectivity index (χ1n) is 8.35. The molecular weight excluding hydrogens is 332 g/mol. The quantitative estimate of drug-likeness (QED) is 0.607. The van der Waals surface area contributed by atoms with Gasteiger partial charge in [-0.05, 0) is 32.0 Å². The molecule has 0 aromatic heterocycles. The van der Waals surface area contributed by atoms with E-state index in [0.29, 0.717) is 5.69 Å². The zero-order chi connectivity index (χ0) is 18.7. The van der Waals surface area contributed by atoms with Crippen LogP contribution in [0.5, 0.6) is 0 Å². The van der Waals surface area contributed by atoms with Crippen molar-refractivity contribution in [3.63, 3.8) is 0 Å². The third-order valence-corrected chi connectivity index (χ3v) is 5.35. The highest BCUT2D eigenvalue weighted by Gasteiger charge is 2.65. The highest BCUT2D eigenvalue weighted by molar-refractivity contribution is 5.83. The van der Waals surface area contributed by atoms with E-state index in [9.17, 15) is 10.1 Å². The molecule has 0 N–H and O–H groups in total. The molecule has 2 heterocycles. The molecule has 4 rings (SSSR count). The number of benzene rings is 2. The first-order chi connectivity index (χ1) is 12.3. The minimum absolute atomic E-state index is 0.00119. The highest BCUT2D eigenvalue weighted by Crippen LogP contribution is 2.55. The van der Waals surface area contributed by atoms with Crippen LogP contribution >= 0.6 is 0 Å². The van der Waals surface area contributed by atoms with Gasteiger partial charge in [-0.15, -0.1) is 0 Å². The average Bonchev–Trinajstić information content (AvgIpc) is 3.03. The summed E-state index contributed by atoms with van der Waals surface area (Å²) in [7, 11) is 3.95. The smallest absolute Gasteiger partial charge is 0.294 e. The Bertz CT molecular complexity index is 896. The predicted octanol–water partition coefficient (Wildman–Crippen LogP) is 3.80. The van der Waals surface area contributed by atoms with Crippen LogP contribution in [0.2, 0.25) is 0 Å². The largest absolute Gasteiger partial charge is 0.329 e. The summed E-state index contributed by atoms with van der Waals surface area (Å²) >= 11 is 0. The topological polar surface area (TPSA) is 77.6 Å². The number of rotatable bonds is 2. The highest BCUT2D eigenvalue weighted by atomic mass is 16.6. The zero-order valence-electron chi connectivity index (χ0n) is 15.1. The van der Waals surface area contributed by atoms with E-state index in [4.69, 9.17) is 0 Å². The van der Waals surface area contributed by atoms with E-state index in [1.54, 1.807) is 23.2 Å². The number of nitro groups is 1. The third-order valence-electron chi connectivity index (χ3n) is 5.35. The van der Waals surface area contributed by atoms with Crippen molar-refractivity contribution in [2.45, 2.75) is 25.2 Å². The lowest BCUT2D eigenvalue weighted by Gasteiger charge is -2.49. The molecular formula is C18H20N6O2. The molecule has 26 heavy (non-hydrogen) atoms. The van der Waals surface area contributed by atoms with Gasteiger partial charge in [-0.25, -0.2) is 0 Å². The Balaban J connectivity index is 1.97. The summed E-state index contributed by atoms with van der Waals surface area (Å²) in [5, 5.41) is 22.2. The summed E-state index contributed by atoms with van der Waals surface area (Å²) in [6, 6.07) is 14.7. The second-order valence-corrected chi connectivity index (χ2v) is 7.05. The number of hydrogen-bond donors (Lipinski definition) is 0. The van der Waals surface area contributed by atoms with Crippen LogP contribution in [0.1, 0.15) is 13.8 Å². The fourth-order valence-corrected chi connectivity index (χ4v) is 4.26. The molecule has 2 aromatic rings. The number of nitrogens with zero attached hydrogens (tertiary/aromatic N) is 6. The normalized spacial score (nSPS) is 19.3. The van der Waals surface area contributed by atoms with Crippen LogP contribution in [-0.2, 0) is 0 Å². The molecule has 0 unspecified atom stereocenters. The van der Waals surface area contributed by atoms with E-state index in [0.717, 1.165) is 11.4 Å². The van der Waals surface area contributed by atoms with E-state index >= 15 is 0 Å². The lowest BCUT2D eigenvalue weighted by Crippen LogP contribution is -2.72. The van der Waals surface area contributed by atoms with Gasteiger partial charge >= 0.3 is 0 Å². The van der Waals surface area contributed by atoms with Gasteiger partial charge < -0.3 is 9.80 Å². The molecule has 1 spiro atoms. The Kier molecular flexibility index (Phi) is 3.24. The molecule has 0 saturated carbocycles.